The first-order valence-electron chi connectivity index (χ1n) is 6.82. The highest BCUT2D eigenvalue weighted by Crippen LogP contribution is 2.29. The summed E-state index contributed by atoms with van der Waals surface area (Å²) in [5, 5.41) is 0. The molecule has 1 aliphatic rings. The molecular weight excluding hydrogens is 262 g/mol. The van der Waals surface area contributed by atoms with Crippen molar-refractivity contribution in [2.75, 3.05) is 0 Å². The lowest BCUT2D eigenvalue weighted by Gasteiger charge is -2.24. The monoisotopic (exact) mass is 277 g/mol. The Bertz CT molecular complexity index is 699. The molecule has 1 heterocycles. The molecular formula is C18H15NO2. The quantitative estimate of drug-likeness (QED) is 0.806. The summed E-state index contributed by atoms with van der Waals surface area (Å²) in [6.07, 6.45) is 0. The molecule has 104 valence electrons. The van der Waals surface area contributed by atoms with Crippen LogP contribution in [-0.4, -0.2) is 22.8 Å². The van der Waals surface area contributed by atoms with Crippen molar-refractivity contribution >= 4 is 17.4 Å². The Hall–Kier alpha value is -2.68. The number of hydrogen-bond acceptors (Lipinski definition) is 2. The van der Waals surface area contributed by atoms with E-state index in [0.717, 1.165) is 11.1 Å². The van der Waals surface area contributed by atoms with Gasteiger partial charge in [-0.3, -0.25) is 14.5 Å². The Kier molecular flexibility index (Phi) is 3.18. The number of imide groups is 1. The summed E-state index contributed by atoms with van der Waals surface area (Å²) >= 11 is 0. The number of fused-ring (bicyclic) bond motifs is 1. The van der Waals surface area contributed by atoms with E-state index in [1.807, 2.05) is 37.3 Å². The zero-order valence-electron chi connectivity index (χ0n) is 11.7. The summed E-state index contributed by atoms with van der Waals surface area (Å²) in [5.74, 6) is -0.500. The van der Waals surface area contributed by atoms with Gasteiger partial charge in [0.15, 0.2) is 0 Å². The summed E-state index contributed by atoms with van der Waals surface area (Å²) in [5.41, 5.74) is 2.62. The third-order valence-electron chi connectivity index (χ3n) is 3.86. The second-order valence-electron chi connectivity index (χ2n) is 5.09. The fourth-order valence-electron chi connectivity index (χ4n) is 2.61. The summed E-state index contributed by atoms with van der Waals surface area (Å²) in [4.78, 5) is 26.2. The zero-order valence-corrected chi connectivity index (χ0v) is 11.7. The van der Waals surface area contributed by atoms with Crippen molar-refractivity contribution in [3.8, 4) is 0 Å². The standard InChI is InChI=1S/C18H15NO2/c1-12(14-8-4-3-5-9-14)13(2)19-17(20)15-10-6-7-11-16(15)18(19)21/h3-11,13H,1H2,2H3. The summed E-state index contributed by atoms with van der Waals surface area (Å²) < 4.78 is 0. The van der Waals surface area contributed by atoms with Crippen LogP contribution in [0.1, 0.15) is 33.2 Å². The van der Waals surface area contributed by atoms with E-state index in [1.165, 1.54) is 4.90 Å². The van der Waals surface area contributed by atoms with Gasteiger partial charge in [0.2, 0.25) is 0 Å². The molecule has 0 aliphatic carbocycles. The van der Waals surface area contributed by atoms with Gasteiger partial charge in [-0.15, -0.1) is 0 Å². The lowest BCUT2D eigenvalue weighted by Crippen LogP contribution is -2.38. The first-order chi connectivity index (χ1) is 10.1. The first kappa shape index (κ1) is 13.3. The molecule has 3 rings (SSSR count). The molecule has 0 fully saturated rings. The van der Waals surface area contributed by atoms with Gasteiger partial charge < -0.3 is 0 Å². The largest absolute Gasteiger partial charge is 0.269 e. The second kappa shape index (κ2) is 5.02. The average molecular weight is 277 g/mol. The van der Waals surface area contributed by atoms with Gasteiger partial charge in [0.25, 0.3) is 11.8 Å². The van der Waals surface area contributed by atoms with E-state index in [0.29, 0.717) is 11.1 Å². The fourth-order valence-corrected chi connectivity index (χ4v) is 2.61. The van der Waals surface area contributed by atoms with Gasteiger partial charge in [0.05, 0.1) is 17.2 Å². The Morgan fingerprint density at radius 2 is 1.38 bits per heavy atom. The van der Waals surface area contributed by atoms with Crippen molar-refractivity contribution in [1.29, 1.82) is 0 Å². The van der Waals surface area contributed by atoms with E-state index in [1.54, 1.807) is 24.3 Å². The third kappa shape index (κ3) is 2.07. The number of benzene rings is 2. The normalized spacial score (nSPS) is 15.0. The van der Waals surface area contributed by atoms with Crippen molar-refractivity contribution in [2.45, 2.75) is 13.0 Å². The van der Waals surface area contributed by atoms with Crippen LogP contribution in [0.4, 0.5) is 0 Å². The van der Waals surface area contributed by atoms with E-state index in [-0.39, 0.29) is 17.9 Å². The minimum absolute atomic E-state index is 0.250. The van der Waals surface area contributed by atoms with Crippen molar-refractivity contribution in [2.24, 2.45) is 0 Å². The smallest absolute Gasteiger partial charge is 0.262 e. The van der Waals surface area contributed by atoms with Crippen LogP contribution >= 0.6 is 0 Å². The number of carbonyl (C=O) groups excluding carboxylic acids is 2. The molecule has 1 unspecified atom stereocenters. The molecule has 2 aromatic rings. The SMILES string of the molecule is C=C(c1ccccc1)C(C)N1C(=O)c2ccccc2C1=O. The minimum atomic E-state index is -0.375. The number of rotatable bonds is 3. The van der Waals surface area contributed by atoms with E-state index in [2.05, 4.69) is 6.58 Å². The highest BCUT2D eigenvalue weighted by Gasteiger charge is 2.38. The molecule has 3 nitrogen and oxygen atoms in total. The van der Waals surface area contributed by atoms with Crippen molar-refractivity contribution in [3.63, 3.8) is 0 Å². The van der Waals surface area contributed by atoms with Gasteiger partial charge >= 0.3 is 0 Å². The molecule has 3 heteroatoms. The molecule has 21 heavy (non-hydrogen) atoms. The number of amides is 2. The third-order valence-corrected chi connectivity index (χ3v) is 3.86. The molecule has 1 aliphatic heterocycles. The molecule has 2 amide bonds. The summed E-state index contributed by atoms with van der Waals surface area (Å²) in [6, 6.07) is 16.1. The summed E-state index contributed by atoms with van der Waals surface area (Å²) in [6.45, 7) is 5.89. The molecule has 0 spiro atoms. The highest BCUT2D eigenvalue weighted by molar-refractivity contribution is 6.22. The van der Waals surface area contributed by atoms with E-state index < -0.39 is 0 Å². The molecule has 0 N–H and O–H groups in total. The van der Waals surface area contributed by atoms with Gasteiger partial charge in [-0.05, 0) is 30.2 Å². The van der Waals surface area contributed by atoms with Crippen molar-refractivity contribution in [3.05, 3.63) is 77.9 Å². The average Bonchev–Trinajstić information content (AvgIpc) is 2.79. The minimum Gasteiger partial charge on any atom is -0.269 e. The van der Waals surface area contributed by atoms with E-state index in [4.69, 9.17) is 0 Å². The summed E-state index contributed by atoms with van der Waals surface area (Å²) in [7, 11) is 0. The maximum Gasteiger partial charge on any atom is 0.262 e. The maximum absolute atomic E-state index is 12.4. The Morgan fingerprint density at radius 1 is 0.905 bits per heavy atom. The van der Waals surface area contributed by atoms with Gasteiger partial charge in [-0.1, -0.05) is 49.0 Å². The molecule has 0 saturated heterocycles. The van der Waals surface area contributed by atoms with Gasteiger partial charge in [0.1, 0.15) is 0 Å². The Balaban J connectivity index is 1.94. The fraction of sp³-hybridized carbons (Fsp3) is 0.111. The van der Waals surface area contributed by atoms with Crippen LogP contribution in [0.2, 0.25) is 0 Å². The van der Waals surface area contributed by atoms with E-state index >= 15 is 0 Å². The predicted octanol–water partition coefficient (Wildman–Crippen LogP) is 3.38. The predicted molar refractivity (Wildman–Crippen MR) is 81.9 cm³/mol. The molecule has 2 aromatic carbocycles. The lowest BCUT2D eigenvalue weighted by atomic mass is 10.0. The van der Waals surface area contributed by atoms with Gasteiger partial charge in [0, 0.05) is 0 Å². The number of hydrogen-bond donors (Lipinski definition) is 0. The van der Waals surface area contributed by atoms with Crippen LogP contribution in [0.3, 0.4) is 0 Å². The lowest BCUT2D eigenvalue weighted by molar-refractivity contribution is 0.0630. The van der Waals surface area contributed by atoms with Crippen LogP contribution in [0, 0.1) is 0 Å². The highest BCUT2D eigenvalue weighted by atomic mass is 16.2. The van der Waals surface area contributed by atoms with Crippen molar-refractivity contribution < 1.29 is 9.59 Å². The van der Waals surface area contributed by atoms with Crippen LogP contribution < -0.4 is 0 Å². The topological polar surface area (TPSA) is 37.4 Å². The van der Waals surface area contributed by atoms with Crippen LogP contribution in [-0.2, 0) is 0 Å². The van der Waals surface area contributed by atoms with Gasteiger partial charge in [-0.2, -0.15) is 0 Å². The van der Waals surface area contributed by atoms with Gasteiger partial charge in [-0.25, -0.2) is 0 Å². The molecule has 0 bridgehead atoms. The zero-order chi connectivity index (χ0) is 15.0. The first-order valence-corrected chi connectivity index (χ1v) is 6.82. The van der Waals surface area contributed by atoms with Crippen LogP contribution in [0.5, 0.6) is 0 Å². The number of carbonyl (C=O) groups is 2. The van der Waals surface area contributed by atoms with Crippen LogP contribution in [0.25, 0.3) is 5.57 Å². The molecule has 0 radical (unpaired) electrons. The Morgan fingerprint density at radius 3 is 1.90 bits per heavy atom. The molecule has 0 saturated carbocycles. The number of nitrogens with zero attached hydrogens (tertiary/aromatic N) is 1. The Labute approximate surface area is 123 Å². The maximum atomic E-state index is 12.4. The molecule has 1 atom stereocenters. The second-order valence-corrected chi connectivity index (χ2v) is 5.09. The van der Waals surface area contributed by atoms with Crippen LogP contribution in [0.15, 0.2) is 61.2 Å². The van der Waals surface area contributed by atoms with E-state index in [9.17, 15) is 9.59 Å². The molecule has 0 aromatic heterocycles. The van der Waals surface area contributed by atoms with Crippen molar-refractivity contribution in [1.82, 2.24) is 4.90 Å².